The topological polar surface area (TPSA) is 176 Å². The first-order valence-corrected chi connectivity index (χ1v) is 38.4. The van der Waals surface area contributed by atoms with E-state index in [9.17, 15) is 9.59 Å². The summed E-state index contributed by atoms with van der Waals surface area (Å²) in [5.41, 5.74) is 20.0. The number of para-hydroxylation sites is 2. The summed E-state index contributed by atoms with van der Waals surface area (Å²) in [4.78, 5) is 43.6. The van der Waals surface area contributed by atoms with Crippen molar-refractivity contribution in [2.24, 2.45) is 0 Å². The summed E-state index contributed by atoms with van der Waals surface area (Å²) in [5.74, 6) is 3.46. The molecule has 0 spiro atoms. The number of methoxy groups -OCH3 is 1. The van der Waals surface area contributed by atoms with Gasteiger partial charge in [-0.3, -0.25) is 24.5 Å². The van der Waals surface area contributed by atoms with E-state index < -0.39 is 0 Å². The number of allylic oxidation sites excluding steroid dienone is 4. The van der Waals surface area contributed by atoms with Crippen LogP contribution in [0.5, 0.6) is 5.75 Å². The van der Waals surface area contributed by atoms with Crippen molar-refractivity contribution < 1.29 is 129 Å². The van der Waals surface area contributed by atoms with Gasteiger partial charge in [0.25, 0.3) is 0 Å². The van der Waals surface area contributed by atoms with Crippen molar-refractivity contribution in [1.29, 1.82) is 0 Å². The van der Waals surface area contributed by atoms with Crippen LogP contribution in [0, 0.1) is 71.9 Å². The number of nitrogens with zero attached hydrogens (tertiary/aromatic N) is 8. The molecule has 0 fully saturated rings. The van der Waals surface area contributed by atoms with Crippen LogP contribution < -0.4 is 4.74 Å². The maximum absolute atomic E-state index is 10.0. The monoisotopic (exact) mass is 2500 g/mol. The third-order valence-electron chi connectivity index (χ3n) is 18.2. The van der Waals surface area contributed by atoms with Gasteiger partial charge in [0, 0.05) is 190 Å². The van der Waals surface area contributed by atoms with Crippen LogP contribution in [0.4, 0.5) is 0 Å². The molecule has 0 amide bonds. The van der Waals surface area contributed by atoms with Gasteiger partial charge in [-0.2, -0.15) is 0 Å². The number of pyridine rings is 2. The fourth-order valence-electron chi connectivity index (χ4n) is 13.4. The summed E-state index contributed by atoms with van der Waals surface area (Å²) in [6.07, 6.45) is 17.6. The van der Waals surface area contributed by atoms with Gasteiger partial charge in [-0.05, 0) is 164 Å². The third-order valence-corrected chi connectivity index (χ3v) is 19.3. The molecule has 5 radical (unpaired) electrons. The van der Waals surface area contributed by atoms with Crippen molar-refractivity contribution in [3.8, 4) is 78.8 Å². The summed E-state index contributed by atoms with van der Waals surface area (Å²) in [5, 5.41) is 22.5. The first kappa shape index (κ1) is 98.4. The number of ether oxygens (including phenoxy) is 1. The second kappa shape index (κ2) is 47.0. The fourth-order valence-corrected chi connectivity index (χ4v) is 14.3. The van der Waals surface area contributed by atoms with E-state index in [1.54, 1.807) is 18.4 Å². The standard InChI is InChI=1S/C23H17N2O.C21H23N2.C18H17N2O.C15H10N.C13H8NS.2C5H8O2.5Ir/c1-15-6-5-7-16(2)22(15)25-13-12-24-23(25)17-10-11-21-19(14-17)18-8-3-4-9-20(18)26-21;1-15-13-16(2)19(18(14-15)21(3,4)5)23-12-11-22-20(23)17-9-7-6-8-10-17;1-13-11-16(21-3)12-14(2)17(13)20-10-9-19-18(20)15-7-5-4-6-8-15;1-2-7-13(8-3-1)15-14-9-5-4-6-12(14)10-11-16-15;1-2-7-12-10(5-1)9-13(15-12)11-6-3-4-8-14-11;2*1-4(6)3-5(2)7;;;;;/h3-9,11-14H,1-2H3;6-9,11-14H,1-5H3;4-7,9-12H,1-3H3;1-7,9-11H;1-8H;2*3,6H,1-2H3;;;;;/q5*-1;;;;;;;. The SMILES string of the molecule is CC(=O)C=C(C)O.CC(=O)C=C(C)O.COc1cc(C)c(-n2ccnc2-c2[c-]cccc2)c(C)c1.Cc1cc(C)c(-n2ccnc2-c2[c-]cccc2)c(C(C)(C)C)c1.Cc1cccc(C)c1-n1ccnc1-c1[c-]cc2oc3ccccc3c2c1.[Ir].[Ir].[Ir].[Ir].[Ir].[c-]1c(-c2ccccn2)sc2ccccc12.[c-]1ccccc1-c1nccc2ccccc12. The molecule has 0 bridgehead atoms. The van der Waals surface area contributed by atoms with Gasteiger partial charge in [-0.25, -0.2) is 11.3 Å². The molecule has 17 rings (SSSR count). The van der Waals surface area contributed by atoms with Crippen LogP contribution in [0.25, 0.3) is 116 Å². The second-order valence-electron chi connectivity index (χ2n) is 28.4. The maximum Gasteiger partial charge on any atom is 0.155 e. The van der Waals surface area contributed by atoms with Crippen LogP contribution in [0.1, 0.15) is 87.4 Å². The number of benzene rings is 10. The van der Waals surface area contributed by atoms with E-state index in [4.69, 9.17) is 19.4 Å². The van der Waals surface area contributed by atoms with Gasteiger partial charge in [0.15, 0.2) is 11.6 Å². The Kier molecular flexibility index (Phi) is 38.5. The van der Waals surface area contributed by atoms with Crippen molar-refractivity contribution in [3.05, 3.63) is 367 Å². The molecule has 0 saturated heterocycles. The van der Waals surface area contributed by atoms with Gasteiger partial charge < -0.3 is 43.0 Å². The maximum atomic E-state index is 10.0. The Bertz CT molecular complexity index is 6120. The predicted molar refractivity (Wildman–Crippen MR) is 469 cm³/mol. The molecule has 17 aromatic rings. The Morgan fingerprint density at radius 1 is 0.450 bits per heavy atom. The molecule has 623 valence electrons. The molecule has 7 aromatic heterocycles. The van der Waals surface area contributed by atoms with Crippen molar-refractivity contribution in [2.75, 3.05) is 7.11 Å². The van der Waals surface area contributed by atoms with Crippen molar-refractivity contribution in [2.45, 2.75) is 95.4 Å². The first-order valence-electron chi connectivity index (χ1n) is 37.5. The van der Waals surface area contributed by atoms with E-state index in [1.165, 1.54) is 99.9 Å². The van der Waals surface area contributed by atoms with Crippen LogP contribution >= 0.6 is 11.3 Å². The van der Waals surface area contributed by atoms with Gasteiger partial charge in [0.1, 0.15) is 11.3 Å². The third kappa shape index (κ3) is 25.8. The van der Waals surface area contributed by atoms with Crippen molar-refractivity contribution in [1.82, 2.24) is 38.6 Å². The number of hydrogen-bond donors (Lipinski definition) is 2. The minimum absolute atomic E-state index is 0. The number of fused-ring (bicyclic) bond motifs is 5. The molecule has 0 atom stereocenters. The normalized spacial score (nSPS) is 10.7. The molecule has 7 heterocycles. The van der Waals surface area contributed by atoms with E-state index in [1.807, 2.05) is 195 Å². The molecule has 0 aliphatic heterocycles. The number of thiophene rings is 1. The Labute approximate surface area is 774 Å². The zero-order chi connectivity index (χ0) is 81.7. The smallest absolute Gasteiger partial charge is 0.155 e. The molecular formula is C100H91Ir5N8O6S-5. The Balaban J connectivity index is 0.000000223. The quantitative estimate of drug-likeness (QED) is 0.0716. The number of aliphatic hydroxyl groups excluding tert-OH is 2. The largest absolute Gasteiger partial charge is 0.512 e. The minimum atomic E-state index is -0.125. The molecule has 0 unspecified atom stereocenters. The molecule has 14 nitrogen and oxygen atoms in total. The van der Waals surface area contributed by atoms with Crippen LogP contribution in [0.15, 0.2) is 302 Å². The Hall–Kier alpha value is -10.4. The van der Waals surface area contributed by atoms with Crippen LogP contribution in [-0.4, -0.2) is 67.5 Å². The molecule has 10 aromatic carbocycles. The van der Waals surface area contributed by atoms with Crippen molar-refractivity contribution in [3.63, 3.8) is 0 Å². The number of furan rings is 1. The number of carbonyl (C=O) groups is 2. The Morgan fingerprint density at radius 2 is 0.942 bits per heavy atom. The molecule has 120 heavy (non-hydrogen) atoms. The number of rotatable bonds is 11. The van der Waals surface area contributed by atoms with E-state index in [-0.39, 0.29) is 129 Å². The van der Waals surface area contributed by atoms with Crippen LogP contribution in [-0.2, 0) is 116 Å². The summed E-state index contributed by atoms with van der Waals surface area (Å²) < 4.78 is 19.0. The number of imidazole rings is 3. The van der Waals surface area contributed by atoms with E-state index in [2.05, 4.69) is 210 Å². The van der Waals surface area contributed by atoms with Gasteiger partial charge in [-0.1, -0.05) is 129 Å². The first-order chi connectivity index (χ1) is 55.4. The van der Waals surface area contributed by atoms with Crippen LogP contribution in [0.3, 0.4) is 0 Å². The Morgan fingerprint density at radius 3 is 1.45 bits per heavy atom. The molecular weight excluding hydrogens is 2400 g/mol. The zero-order valence-corrected chi connectivity index (χ0v) is 81.6. The zero-order valence-electron chi connectivity index (χ0n) is 68.8. The number of aromatic nitrogens is 8. The number of hydrogen-bond acceptors (Lipinski definition) is 12. The minimum Gasteiger partial charge on any atom is -0.512 e. The summed E-state index contributed by atoms with van der Waals surface area (Å²) in [6.45, 7) is 25.2. The van der Waals surface area contributed by atoms with Crippen LogP contribution in [0.2, 0.25) is 0 Å². The molecule has 0 aliphatic carbocycles. The van der Waals surface area contributed by atoms with E-state index in [0.717, 1.165) is 100 Å². The van der Waals surface area contributed by atoms with Crippen molar-refractivity contribution >= 4 is 65.7 Å². The van der Waals surface area contributed by atoms with E-state index in [0.29, 0.717) is 0 Å². The average Bonchev–Trinajstić information content (AvgIpc) is 1.58. The average molecular weight is 2490 g/mol. The number of carbonyl (C=O) groups excluding carboxylic acids is 2. The molecule has 0 aliphatic rings. The fraction of sp³-hybridized carbons (Fsp3) is 0.150. The van der Waals surface area contributed by atoms with E-state index >= 15 is 0 Å². The van der Waals surface area contributed by atoms with Gasteiger partial charge in [0.2, 0.25) is 0 Å². The van der Waals surface area contributed by atoms with Gasteiger partial charge in [-0.15, -0.1) is 155 Å². The number of ketones is 2. The predicted octanol–water partition coefficient (Wildman–Crippen LogP) is 24.6. The molecule has 2 N–H and O–H groups in total. The summed E-state index contributed by atoms with van der Waals surface area (Å²) in [7, 11) is 1.69. The number of aryl methyl sites for hydroxylation is 6. The molecule has 20 heteroatoms. The van der Waals surface area contributed by atoms with Gasteiger partial charge in [0.05, 0.1) is 41.7 Å². The number of aliphatic hydroxyl groups is 2. The summed E-state index contributed by atoms with van der Waals surface area (Å²) >= 11 is 1.73. The second-order valence-corrected chi connectivity index (χ2v) is 29.5. The van der Waals surface area contributed by atoms with Gasteiger partial charge >= 0.3 is 0 Å². The molecule has 0 saturated carbocycles. The summed E-state index contributed by atoms with van der Waals surface area (Å²) in [6, 6.07) is 91.9.